The molecule has 1 amide bonds. The van der Waals surface area contributed by atoms with Crippen LogP contribution >= 0.6 is 0 Å². The van der Waals surface area contributed by atoms with E-state index in [-0.39, 0.29) is 11.0 Å². The van der Waals surface area contributed by atoms with Crippen molar-refractivity contribution in [2.45, 2.75) is 12.7 Å². The van der Waals surface area contributed by atoms with Crippen LogP contribution in [0, 0.1) is 0 Å². The zero-order chi connectivity index (χ0) is 22.6. The van der Waals surface area contributed by atoms with Gasteiger partial charge in [-0.1, -0.05) is 12.1 Å². The third-order valence-corrected chi connectivity index (χ3v) is 4.35. The molecule has 0 atom stereocenters. The molecule has 0 bridgehead atoms. The Hall–Kier alpha value is -3.76. The second-order valence-corrected chi connectivity index (χ2v) is 6.25. The number of fused-ring (bicyclic) bond motifs is 1. The average Bonchev–Trinajstić information content (AvgIpc) is 3.12. The fourth-order valence-corrected chi connectivity index (χ4v) is 2.96. The van der Waals surface area contributed by atoms with E-state index in [1.54, 1.807) is 24.3 Å². The summed E-state index contributed by atoms with van der Waals surface area (Å²) in [5.41, 5.74) is 2.95. The van der Waals surface area contributed by atoms with Gasteiger partial charge in [0.05, 0.1) is 44.1 Å². The first-order valence-corrected chi connectivity index (χ1v) is 8.92. The van der Waals surface area contributed by atoms with Crippen LogP contribution in [0.2, 0.25) is 0 Å². The van der Waals surface area contributed by atoms with Gasteiger partial charge in [0.15, 0.2) is 0 Å². The molecule has 31 heavy (non-hydrogen) atoms. The Morgan fingerprint density at radius 2 is 1.77 bits per heavy atom. The number of hydrogen-bond acceptors (Lipinski definition) is 6. The molecule has 3 rings (SSSR count). The first-order valence-electron chi connectivity index (χ1n) is 8.92. The lowest BCUT2D eigenvalue weighted by Gasteiger charge is -2.12. The van der Waals surface area contributed by atoms with E-state index >= 15 is 0 Å². The smallest absolute Gasteiger partial charge is 0.449 e. The number of halogens is 3. The van der Waals surface area contributed by atoms with E-state index in [0.717, 1.165) is 4.57 Å². The standard InChI is InChI=1S/C20H19F3N4O4/c1-29-12-8-16(30-2)13(17(9-12)31-3)10-24-26-18(28)11-27-15-7-5-4-6-14(15)25-19(27)20(21,22)23/h4-10H,11H2,1-3H3,(H,26,28). The summed E-state index contributed by atoms with van der Waals surface area (Å²) in [6, 6.07) is 9.23. The lowest BCUT2D eigenvalue weighted by atomic mass is 10.2. The van der Waals surface area contributed by atoms with Gasteiger partial charge in [-0.15, -0.1) is 0 Å². The van der Waals surface area contributed by atoms with E-state index in [9.17, 15) is 18.0 Å². The summed E-state index contributed by atoms with van der Waals surface area (Å²) in [5.74, 6) is -0.701. The van der Waals surface area contributed by atoms with Crippen molar-refractivity contribution in [3.63, 3.8) is 0 Å². The normalized spacial score (nSPS) is 11.7. The van der Waals surface area contributed by atoms with Gasteiger partial charge in [-0.2, -0.15) is 18.3 Å². The van der Waals surface area contributed by atoms with Crippen molar-refractivity contribution in [2.75, 3.05) is 21.3 Å². The Kier molecular flexibility index (Phi) is 6.33. The van der Waals surface area contributed by atoms with E-state index in [4.69, 9.17) is 14.2 Å². The summed E-state index contributed by atoms with van der Waals surface area (Å²) in [6.07, 6.45) is -3.45. The molecule has 0 radical (unpaired) electrons. The summed E-state index contributed by atoms with van der Waals surface area (Å²) in [6.45, 7) is -0.621. The molecule has 0 spiro atoms. The average molecular weight is 436 g/mol. The molecular weight excluding hydrogens is 417 g/mol. The zero-order valence-corrected chi connectivity index (χ0v) is 16.9. The molecule has 0 aliphatic carbocycles. The van der Waals surface area contributed by atoms with Crippen molar-refractivity contribution < 1.29 is 32.2 Å². The number of nitrogens with zero attached hydrogens (tertiary/aromatic N) is 3. The van der Waals surface area contributed by atoms with Gasteiger partial charge in [0.25, 0.3) is 5.91 Å². The number of carbonyl (C=O) groups excluding carboxylic acids is 1. The van der Waals surface area contributed by atoms with Crippen LogP contribution in [0.5, 0.6) is 17.2 Å². The summed E-state index contributed by atoms with van der Waals surface area (Å²) < 4.78 is 56.6. The Balaban J connectivity index is 1.83. The van der Waals surface area contributed by atoms with Gasteiger partial charge in [0, 0.05) is 12.1 Å². The van der Waals surface area contributed by atoms with Crippen LogP contribution in [-0.2, 0) is 17.5 Å². The molecule has 0 aliphatic rings. The molecule has 1 aromatic heterocycles. The number of para-hydroxylation sites is 2. The third kappa shape index (κ3) is 4.71. The van der Waals surface area contributed by atoms with Crippen LogP contribution in [0.3, 0.4) is 0 Å². The second-order valence-electron chi connectivity index (χ2n) is 6.25. The lowest BCUT2D eigenvalue weighted by molar-refractivity contribution is -0.147. The minimum Gasteiger partial charge on any atom is -0.496 e. The molecule has 0 aliphatic heterocycles. The maximum Gasteiger partial charge on any atom is 0.449 e. The molecular formula is C20H19F3N4O4. The van der Waals surface area contributed by atoms with Crippen LogP contribution in [0.4, 0.5) is 13.2 Å². The minimum atomic E-state index is -4.72. The Morgan fingerprint density at radius 1 is 1.13 bits per heavy atom. The highest BCUT2D eigenvalue weighted by atomic mass is 19.4. The highest BCUT2D eigenvalue weighted by Gasteiger charge is 2.38. The van der Waals surface area contributed by atoms with E-state index in [1.807, 2.05) is 0 Å². The Bertz CT molecular complexity index is 1100. The molecule has 3 aromatic rings. The molecule has 8 nitrogen and oxygen atoms in total. The van der Waals surface area contributed by atoms with Crippen molar-refractivity contribution in [1.82, 2.24) is 15.0 Å². The first-order chi connectivity index (χ1) is 14.8. The topological polar surface area (TPSA) is 87.0 Å². The Morgan fingerprint density at radius 3 is 2.35 bits per heavy atom. The molecule has 164 valence electrons. The van der Waals surface area contributed by atoms with Crippen molar-refractivity contribution in [1.29, 1.82) is 0 Å². The van der Waals surface area contributed by atoms with Gasteiger partial charge >= 0.3 is 6.18 Å². The van der Waals surface area contributed by atoms with Crippen LogP contribution in [-0.4, -0.2) is 43.0 Å². The number of methoxy groups -OCH3 is 3. The summed E-state index contributed by atoms with van der Waals surface area (Å²) in [7, 11) is 4.36. The third-order valence-electron chi connectivity index (χ3n) is 4.35. The minimum absolute atomic E-state index is 0.138. The van der Waals surface area contributed by atoms with Gasteiger partial charge < -0.3 is 18.8 Å². The number of carbonyl (C=O) groups is 1. The fraction of sp³-hybridized carbons (Fsp3) is 0.250. The van der Waals surface area contributed by atoms with E-state index in [1.165, 1.54) is 39.7 Å². The number of rotatable bonds is 7. The number of alkyl halides is 3. The SMILES string of the molecule is COc1cc(OC)c(C=NNC(=O)Cn2c(C(F)(F)F)nc3ccccc32)c(OC)c1. The number of nitrogens with one attached hydrogen (secondary N) is 1. The predicted molar refractivity (Wildman–Crippen MR) is 107 cm³/mol. The van der Waals surface area contributed by atoms with E-state index < -0.39 is 24.5 Å². The number of hydrazone groups is 1. The maximum atomic E-state index is 13.4. The lowest BCUT2D eigenvalue weighted by Crippen LogP contribution is -2.26. The van der Waals surface area contributed by atoms with Crippen molar-refractivity contribution in [3.05, 3.63) is 47.8 Å². The van der Waals surface area contributed by atoms with E-state index in [0.29, 0.717) is 22.8 Å². The van der Waals surface area contributed by atoms with E-state index in [2.05, 4.69) is 15.5 Å². The largest absolute Gasteiger partial charge is 0.496 e. The highest BCUT2D eigenvalue weighted by molar-refractivity contribution is 5.89. The fourth-order valence-electron chi connectivity index (χ4n) is 2.96. The monoisotopic (exact) mass is 436 g/mol. The molecule has 0 saturated carbocycles. The van der Waals surface area contributed by atoms with Crippen molar-refractivity contribution in [2.24, 2.45) is 5.10 Å². The van der Waals surface area contributed by atoms with Crippen LogP contribution in [0.15, 0.2) is 41.5 Å². The summed E-state index contributed by atoms with van der Waals surface area (Å²) >= 11 is 0. The number of ether oxygens (including phenoxy) is 3. The molecule has 0 fully saturated rings. The van der Waals surface area contributed by atoms with Crippen LogP contribution in [0.1, 0.15) is 11.4 Å². The van der Waals surface area contributed by atoms with Gasteiger partial charge in [0.1, 0.15) is 23.8 Å². The van der Waals surface area contributed by atoms with Gasteiger partial charge in [-0.3, -0.25) is 4.79 Å². The first kappa shape index (κ1) is 21.9. The molecule has 0 saturated heterocycles. The Labute approximate surface area is 175 Å². The number of imidazole rings is 1. The summed E-state index contributed by atoms with van der Waals surface area (Å²) in [4.78, 5) is 15.9. The zero-order valence-electron chi connectivity index (χ0n) is 16.9. The number of aromatic nitrogens is 2. The number of hydrogen-bond donors (Lipinski definition) is 1. The maximum absolute atomic E-state index is 13.4. The molecule has 1 heterocycles. The van der Waals surface area contributed by atoms with Gasteiger partial charge in [0.2, 0.25) is 5.82 Å². The molecule has 11 heteroatoms. The van der Waals surface area contributed by atoms with Crippen LogP contribution in [0.25, 0.3) is 11.0 Å². The van der Waals surface area contributed by atoms with Gasteiger partial charge in [-0.05, 0) is 12.1 Å². The number of benzene rings is 2. The molecule has 2 aromatic carbocycles. The van der Waals surface area contributed by atoms with Gasteiger partial charge in [-0.25, -0.2) is 10.4 Å². The van der Waals surface area contributed by atoms with Crippen LogP contribution < -0.4 is 19.6 Å². The highest BCUT2D eigenvalue weighted by Crippen LogP contribution is 2.33. The number of amides is 1. The van der Waals surface area contributed by atoms with Crippen molar-refractivity contribution >= 4 is 23.2 Å². The molecule has 0 unspecified atom stereocenters. The second kappa shape index (κ2) is 8.94. The summed E-state index contributed by atoms with van der Waals surface area (Å²) in [5, 5.41) is 3.83. The molecule has 1 N–H and O–H groups in total. The quantitative estimate of drug-likeness (QED) is 0.454. The van der Waals surface area contributed by atoms with Crippen molar-refractivity contribution in [3.8, 4) is 17.2 Å². The predicted octanol–water partition coefficient (Wildman–Crippen LogP) is 3.23.